The first-order chi connectivity index (χ1) is 5.17. The molecule has 0 aliphatic heterocycles. The zero-order chi connectivity index (χ0) is 8.85. The molecule has 0 aliphatic carbocycles. The van der Waals surface area contributed by atoms with Gasteiger partial charge in [-0.25, -0.2) is 0 Å². The molecule has 0 unspecified atom stereocenters. The fraction of sp³-hybridized carbons (Fsp3) is 0.250. The third-order valence-electron chi connectivity index (χ3n) is 1.11. The molecule has 0 saturated carbocycles. The van der Waals surface area contributed by atoms with E-state index in [-0.39, 0.29) is 5.76 Å². The summed E-state index contributed by atoms with van der Waals surface area (Å²) < 4.78 is 1.03. The summed E-state index contributed by atoms with van der Waals surface area (Å²) in [5, 5.41) is 9.09. The van der Waals surface area contributed by atoms with Crippen molar-refractivity contribution in [3.8, 4) is 0 Å². The number of hydrogen-bond donors (Lipinski definition) is 1. The predicted octanol–water partition coefficient (Wildman–Crippen LogP) is 3.18. The summed E-state index contributed by atoms with van der Waals surface area (Å²) in [5.41, 5.74) is 0.727. The summed E-state index contributed by atoms with van der Waals surface area (Å²) in [4.78, 5) is 0. The van der Waals surface area contributed by atoms with Gasteiger partial charge in [-0.2, -0.15) is 0 Å². The van der Waals surface area contributed by atoms with E-state index in [2.05, 4.69) is 13.2 Å². The number of allylic oxidation sites excluding steroid dienone is 1. The summed E-state index contributed by atoms with van der Waals surface area (Å²) in [7, 11) is 0. The molecule has 0 spiro atoms. The van der Waals surface area contributed by atoms with Gasteiger partial charge < -0.3 is 5.11 Å². The Morgan fingerprint density at radius 3 is 1.91 bits per heavy atom. The van der Waals surface area contributed by atoms with Crippen LogP contribution in [0, 0.1) is 0 Å². The smallest absolute Gasteiger partial charge is 0.117 e. The van der Waals surface area contributed by atoms with Crippen LogP contribution in [-0.4, -0.2) is 17.6 Å². The van der Waals surface area contributed by atoms with Crippen LogP contribution in [0.4, 0.5) is 0 Å². The topological polar surface area (TPSA) is 20.2 Å². The van der Waals surface area contributed by atoms with Crippen LogP contribution < -0.4 is 0 Å². The van der Waals surface area contributed by atoms with E-state index in [0.717, 1.165) is 9.81 Å². The minimum absolute atomic E-state index is 0.0821. The lowest BCUT2D eigenvalue weighted by Crippen LogP contribution is -1.85. The number of thioether (sulfide) groups is 2. The fourth-order valence-electron chi connectivity index (χ4n) is 0.622. The highest BCUT2D eigenvalue weighted by molar-refractivity contribution is 8.21. The van der Waals surface area contributed by atoms with Gasteiger partial charge in [-0.05, 0) is 12.5 Å². The lowest BCUT2D eigenvalue weighted by atomic mass is 10.3. The van der Waals surface area contributed by atoms with E-state index in [1.165, 1.54) is 0 Å². The highest BCUT2D eigenvalue weighted by Gasteiger charge is 2.03. The van der Waals surface area contributed by atoms with E-state index in [4.69, 9.17) is 5.11 Å². The molecule has 0 aromatic heterocycles. The minimum atomic E-state index is 0.0821. The highest BCUT2D eigenvalue weighted by atomic mass is 32.2. The molecule has 0 aromatic rings. The van der Waals surface area contributed by atoms with E-state index in [9.17, 15) is 0 Å². The van der Waals surface area contributed by atoms with Crippen molar-refractivity contribution in [1.82, 2.24) is 0 Å². The maximum absolute atomic E-state index is 9.09. The zero-order valence-electron chi connectivity index (χ0n) is 6.76. The van der Waals surface area contributed by atoms with Gasteiger partial charge in [0.25, 0.3) is 0 Å². The van der Waals surface area contributed by atoms with Crippen molar-refractivity contribution in [3.05, 3.63) is 34.8 Å². The summed E-state index contributed by atoms with van der Waals surface area (Å²) in [6, 6.07) is 0. The van der Waals surface area contributed by atoms with Crippen molar-refractivity contribution < 1.29 is 5.11 Å². The maximum atomic E-state index is 9.09. The van der Waals surface area contributed by atoms with E-state index in [0.29, 0.717) is 0 Å². The molecule has 11 heavy (non-hydrogen) atoms. The molecule has 0 saturated heterocycles. The van der Waals surface area contributed by atoms with Gasteiger partial charge in [-0.3, -0.25) is 0 Å². The van der Waals surface area contributed by atoms with Crippen LogP contribution in [-0.2, 0) is 0 Å². The average Bonchev–Trinajstić information content (AvgIpc) is 1.99. The molecule has 0 rings (SSSR count). The number of aliphatic hydroxyl groups is 1. The first-order valence-electron chi connectivity index (χ1n) is 3.00. The second-order valence-corrected chi connectivity index (χ2v) is 3.65. The molecule has 0 amide bonds. The first-order valence-corrected chi connectivity index (χ1v) is 5.45. The third kappa shape index (κ3) is 3.08. The summed E-state index contributed by atoms with van der Waals surface area (Å²) in [5.74, 6) is 0.0821. The minimum Gasteiger partial charge on any atom is -0.508 e. The van der Waals surface area contributed by atoms with Gasteiger partial charge in [0.05, 0.1) is 4.24 Å². The molecule has 0 radical (unpaired) electrons. The zero-order valence-corrected chi connectivity index (χ0v) is 8.39. The van der Waals surface area contributed by atoms with Gasteiger partial charge in [-0.15, -0.1) is 23.5 Å². The summed E-state index contributed by atoms with van der Waals surface area (Å²) in [6.07, 6.45) is 5.53. The van der Waals surface area contributed by atoms with Gasteiger partial charge >= 0.3 is 0 Å². The van der Waals surface area contributed by atoms with Crippen LogP contribution in [0.15, 0.2) is 34.8 Å². The molecule has 0 aromatic carbocycles. The van der Waals surface area contributed by atoms with Gasteiger partial charge in [0.2, 0.25) is 0 Å². The Hall–Kier alpha value is -0.280. The van der Waals surface area contributed by atoms with E-state index in [1.54, 1.807) is 29.6 Å². The molecule has 0 bridgehead atoms. The fourth-order valence-corrected chi connectivity index (χ4v) is 2.13. The van der Waals surface area contributed by atoms with Crippen LogP contribution in [0.2, 0.25) is 0 Å². The van der Waals surface area contributed by atoms with Crippen LogP contribution in [0.5, 0.6) is 0 Å². The number of hydrogen-bond acceptors (Lipinski definition) is 3. The van der Waals surface area contributed by atoms with Crippen molar-refractivity contribution in [2.75, 3.05) is 12.5 Å². The van der Waals surface area contributed by atoms with E-state index in [1.807, 2.05) is 12.5 Å². The average molecular weight is 188 g/mol. The third-order valence-corrected chi connectivity index (χ3v) is 3.29. The number of aliphatic hydroxyl groups excluding tert-OH is 1. The molecular weight excluding hydrogens is 176 g/mol. The molecule has 0 atom stereocenters. The van der Waals surface area contributed by atoms with Crippen molar-refractivity contribution in [2.24, 2.45) is 0 Å². The second kappa shape index (κ2) is 5.38. The Labute approximate surface area is 76.3 Å². The Bertz CT molecular complexity index is 188. The predicted molar refractivity (Wildman–Crippen MR) is 56.0 cm³/mol. The van der Waals surface area contributed by atoms with E-state index >= 15 is 0 Å². The molecule has 1 N–H and O–H groups in total. The lowest BCUT2D eigenvalue weighted by Gasteiger charge is -2.05. The second-order valence-electron chi connectivity index (χ2n) is 1.76. The van der Waals surface area contributed by atoms with Gasteiger partial charge in [0.1, 0.15) is 5.76 Å². The largest absolute Gasteiger partial charge is 0.508 e. The first kappa shape index (κ1) is 10.7. The normalized spacial score (nSPS) is 8.91. The summed E-state index contributed by atoms with van der Waals surface area (Å²) in [6.45, 7) is 7.04. The number of rotatable bonds is 4. The van der Waals surface area contributed by atoms with Crippen molar-refractivity contribution in [3.63, 3.8) is 0 Å². The molecule has 3 heteroatoms. The maximum Gasteiger partial charge on any atom is 0.117 e. The Morgan fingerprint density at radius 1 is 1.36 bits per heavy atom. The van der Waals surface area contributed by atoms with Crippen molar-refractivity contribution >= 4 is 23.5 Å². The van der Waals surface area contributed by atoms with E-state index < -0.39 is 0 Å². The summed E-state index contributed by atoms with van der Waals surface area (Å²) >= 11 is 3.16. The Morgan fingerprint density at radius 2 is 1.82 bits per heavy atom. The SMILES string of the molecule is C=CC(C(=C)O)=C(SC)SC. The van der Waals surface area contributed by atoms with Crippen LogP contribution in [0.1, 0.15) is 0 Å². The van der Waals surface area contributed by atoms with Crippen LogP contribution in [0.25, 0.3) is 0 Å². The highest BCUT2D eigenvalue weighted by Crippen LogP contribution is 2.30. The lowest BCUT2D eigenvalue weighted by molar-refractivity contribution is 0.429. The van der Waals surface area contributed by atoms with Crippen molar-refractivity contribution in [1.29, 1.82) is 0 Å². The standard InChI is InChI=1S/C8H12OS2/c1-5-7(6(2)9)8(10-3)11-4/h5,9H,1-2H2,3-4H3. The molecule has 62 valence electrons. The molecule has 1 nitrogen and oxygen atoms in total. The Balaban J connectivity index is 4.77. The van der Waals surface area contributed by atoms with Gasteiger partial charge in [-0.1, -0.05) is 19.2 Å². The van der Waals surface area contributed by atoms with Crippen LogP contribution in [0.3, 0.4) is 0 Å². The van der Waals surface area contributed by atoms with Gasteiger partial charge in [0, 0.05) is 5.57 Å². The molecule has 0 aliphatic rings. The molecule has 0 heterocycles. The monoisotopic (exact) mass is 188 g/mol. The Kier molecular flexibility index (Phi) is 5.24. The molecular formula is C8H12OS2. The van der Waals surface area contributed by atoms with Crippen molar-refractivity contribution in [2.45, 2.75) is 0 Å². The quantitative estimate of drug-likeness (QED) is 0.540. The molecule has 0 fully saturated rings. The van der Waals surface area contributed by atoms with Gasteiger partial charge in [0.15, 0.2) is 0 Å². The van der Waals surface area contributed by atoms with Crippen LogP contribution >= 0.6 is 23.5 Å².